The molecule has 6 heteroatoms. The summed E-state index contributed by atoms with van der Waals surface area (Å²) in [7, 11) is 0. The average Bonchev–Trinajstić information content (AvgIpc) is 3.33. The van der Waals surface area contributed by atoms with Gasteiger partial charge in [-0.2, -0.15) is 0 Å². The summed E-state index contributed by atoms with van der Waals surface area (Å²) >= 11 is 0. The number of hydrogen-bond donors (Lipinski definition) is 0. The molecule has 0 bridgehead atoms. The van der Waals surface area contributed by atoms with Crippen LogP contribution in [0.5, 0.6) is 0 Å². The van der Waals surface area contributed by atoms with Gasteiger partial charge in [-0.25, -0.2) is 0 Å². The molecule has 6 nitrogen and oxygen atoms in total. The lowest BCUT2D eigenvalue weighted by atomic mass is 10.1. The van der Waals surface area contributed by atoms with Gasteiger partial charge >= 0.3 is 17.9 Å². The zero-order valence-electron chi connectivity index (χ0n) is 43.4. The molecule has 0 N–H and O–H groups in total. The number of esters is 3. The number of allylic oxidation sites excluding steroid dienone is 18. The van der Waals surface area contributed by atoms with Crippen LogP contribution >= 0.6 is 0 Å². The van der Waals surface area contributed by atoms with Gasteiger partial charge in [0.25, 0.3) is 0 Å². The largest absolute Gasteiger partial charge is 0.462 e. The summed E-state index contributed by atoms with van der Waals surface area (Å²) in [6.07, 6.45) is 73.5. The van der Waals surface area contributed by atoms with Gasteiger partial charge in [-0.15, -0.1) is 0 Å². The number of carbonyl (C=O) groups excluding carboxylic acids is 3. The average molecular weight is 929 g/mol. The van der Waals surface area contributed by atoms with Crippen molar-refractivity contribution < 1.29 is 28.6 Å². The third-order valence-electron chi connectivity index (χ3n) is 11.4. The number of unbranched alkanes of at least 4 members (excludes halogenated alkanes) is 25. The number of hydrogen-bond acceptors (Lipinski definition) is 6. The molecule has 67 heavy (non-hydrogen) atoms. The molecule has 0 aliphatic heterocycles. The van der Waals surface area contributed by atoms with Gasteiger partial charge in [-0.3, -0.25) is 14.4 Å². The topological polar surface area (TPSA) is 78.9 Å². The lowest BCUT2D eigenvalue weighted by molar-refractivity contribution is -0.167. The maximum Gasteiger partial charge on any atom is 0.306 e. The Hall–Kier alpha value is -3.93. The molecule has 1 atom stereocenters. The zero-order valence-corrected chi connectivity index (χ0v) is 43.4. The Morgan fingerprint density at radius 3 is 0.896 bits per heavy atom. The highest BCUT2D eigenvalue weighted by Gasteiger charge is 2.19. The molecule has 0 aromatic rings. The van der Waals surface area contributed by atoms with Gasteiger partial charge in [0, 0.05) is 19.3 Å². The zero-order chi connectivity index (χ0) is 48.6. The molecule has 0 aromatic carbocycles. The Kier molecular flexibility index (Phi) is 51.5. The smallest absolute Gasteiger partial charge is 0.306 e. The summed E-state index contributed by atoms with van der Waals surface area (Å²) in [5.41, 5.74) is 0. The second kappa shape index (κ2) is 54.7. The lowest BCUT2D eigenvalue weighted by Crippen LogP contribution is -2.30. The van der Waals surface area contributed by atoms with Crippen molar-refractivity contribution in [2.45, 2.75) is 245 Å². The molecule has 0 aliphatic rings. The van der Waals surface area contributed by atoms with Crippen molar-refractivity contribution in [3.05, 3.63) is 109 Å². The van der Waals surface area contributed by atoms with Crippen LogP contribution in [0.3, 0.4) is 0 Å². The van der Waals surface area contributed by atoms with E-state index in [-0.39, 0.29) is 31.1 Å². The molecule has 0 amide bonds. The first-order chi connectivity index (χ1) is 33.0. The van der Waals surface area contributed by atoms with Gasteiger partial charge in [0.1, 0.15) is 13.2 Å². The summed E-state index contributed by atoms with van der Waals surface area (Å²) in [4.78, 5) is 38.1. The SMILES string of the molecule is CC/C=C/C=C/C=C/CCCCCCCC(=O)OCC(COC(=O)CCCCCCC/C=C/C=C/C=C/CCCCCCC)OC(=O)CCCCCCC/C=C/C=C/C=C/CCCCCCC. The van der Waals surface area contributed by atoms with E-state index < -0.39 is 6.10 Å². The number of carbonyl (C=O) groups is 3. The Morgan fingerprint density at radius 1 is 0.313 bits per heavy atom. The van der Waals surface area contributed by atoms with Gasteiger partial charge in [0.15, 0.2) is 6.10 Å². The Balaban J connectivity index is 4.50. The summed E-state index contributed by atoms with van der Waals surface area (Å²) in [6, 6.07) is 0. The summed E-state index contributed by atoms with van der Waals surface area (Å²) in [6.45, 7) is 6.42. The first kappa shape index (κ1) is 63.1. The summed E-state index contributed by atoms with van der Waals surface area (Å²) < 4.78 is 16.8. The summed E-state index contributed by atoms with van der Waals surface area (Å²) in [5.74, 6) is -0.967. The Labute approximate surface area is 412 Å². The van der Waals surface area contributed by atoms with Crippen molar-refractivity contribution in [2.24, 2.45) is 0 Å². The maximum absolute atomic E-state index is 12.8. The fraction of sp³-hybridized carbons (Fsp3) is 0.656. The van der Waals surface area contributed by atoms with Gasteiger partial charge in [0.05, 0.1) is 0 Å². The molecule has 0 rings (SSSR count). The molecule has 0 aliphatic carbocycles. The highest BCUT2D eigenvalue weighted by atomic mass is 16.6. The van der Waals surface area contributed by atoms with Gasteiger partial charge < -0.3 is 14.2 Å². The quantitative estimate of drug-likeness (QED) is 0.0262. The van der Waals surface area contributed by atoms with Crippen LogP contribution < -0.4 is 0 Å². The Morgan fingerprint density at radius 2 is 0.582 bits per heavy atom. The van der Waals surface area contributed by atoms with E-state index in [4.69, 9.17) is 14.2 Å². The summed E-state index contributed by atoms with van der Waals surface area (Å²) in [5, 5.41) is 0. The molecule has 0 radical (unpaired) electrons. The van der Waals surface area contributed by atoms with Crippen molar-refractivity contribution in [1.82, 2.24) is 0 Å². The molecular formula is C61H100O6. The fourth-order valence-corrected chi connectivity index (χ4v) is 7.27. The molecule has 0 saturated carbocycles. The van der Waals surface area contributed by atoms with Crippen LogP contribution in [0.25, 0.3) is 0 Å². The number of ether oxygens (including phenoxy) is 3. The fourth-order valence-electron chi connectivity index (χ4n) is 7.27. The second-order valence-corrected chi connectivity index (χ2v) is 17.9. The first-order valence-electron chi connectivity index (χ1n) is 27.5. The van der Waals surface area contributed by atoms with Gasteiger partial charge in [-0.05, 0) is 89.9 Å². The molecular weight excluding hydrogens is 829 g/mol. The van der Waals surface area contributed by atoms with E-state index in [1.165, 1.54) is 64.2 Å². The Bertz CT molecular complexity index is 1390. The lowest BCUT2D eigenvalue weighted by Gasteiger charge is -2.18. The first-order valence-corrected chi connectivity index (χ1v) is 27.5. The van der Waals surface area contributed by atoms with Crippen LogP contribution in [-0.4, -0.2) is 37.2 Å². The minimum absolute atomic E-state index is 0.106. The molecule has 0 saturated heterocycles. The van der Waals surface area contributed by atoms with Crippen LogP contribution in [0.2, 0.25) is 0 Å². The van der Waals surface area contributed by atoms with E-state index >= 15 is 0 Å². The van der Waals surface area contributed by atoms with Gasteiger partial charge in [0.2, 0.25) is 0 Å². The third kappa shape index (κ3) is 52.9. The third-order valence-corrected chi connectivity index (χ3v) is 11.4. The molecule has 0 aromatic heterocycles. The molecule has 0 heterocycles. The molecule has 0 spiro atoms. The van der Waals surface area contributed by atoms with Crippen molar-refractivity contribution >= 4 is 17.9 Å². The normalized spacial score (nSPS) is 12.9. The number of rotatable bonds is 48. The van der Waals surface area contributed by atoms with Crippen molar-refractivity contribution in [3.8, 4) is 0 Å². The van der Waals surface area contributed by atoms with Crippen molar-refractivity contribution in [3.63, 3.8) is 0 Å². The van der Waals surface area contributed by atoms with E-state index in [2.05, 4.69) is 130 Å². The highest BCUT2D eigenvalue weighted by Crippen LogP contribution is 2.13. The van der Waals surface area contributed by atoms with E-state index in [1.807, 2.05) is 0 Å². The van der Waals surface area contributed by atoms with E-state index in [9.17, 15) is 14.4 Å². The standard InChI is InChI=1S/C61H100O6/c1-4-7-10-13-16-19-22-25-27-29-31-33-36-39-42-45-48-51-54-60(63)66-57-58(56-65-59(62)53-50-47-44-41-38-35-24-21-18-15-12-9-6-3)67-61(64)55-52-49-46-43-40-37-34-32-30-28-26-23-20-17-14-11-8-5-2/h9,12,15,18,21-34,58H,4-8,10-11,13-14,16-17,19-20,35-57H2,1-3H3/b12-9+,18-15+,24-21+,25-22+,26-23+,29-27+,30-28+,33-31+,34-32+. The predicted molar refractivity (Wildman–Crippen MR) is 288 cm³/mol. The minimum Gasteiger partial charge on any atom is -0.462 e. The van der Waals surface area contributed by atoms with Crippen LogP contribution in [-0.2, 0) is 28.6 Å². The maximum atomic E-state index is 12.8. The molecule has 0 fully saturated rings. The van der Waals surface area contributed by atoms with Crippen LogP contribution in [0.4, 0.5) is 0 Å². The highest BCUT2D eigenvalue weighted by molar-refractivity contribution is 5.71. The monoisotopic (exact) mass is 929 g/mol. The van der Waals surface area contributed by atoms with Crippen LogP contribution in [0, 0.1) is 0 Å². The molecule has 380 valence electrons. The van der Waals surface area contributed by atoms with E-state index in [1.54, 1.807) is 0 Å². The van der Waals surface area contributed by atoms with E-state index in [0.29, 0.717) is 19.3 Å². The minimum atomic E-state index is -0.808. The van der Waals surface area contributed by atoms with Crippen molar-refractivity contribution in [1.29, 1.82) is 0 Å². The van der Waals surface area contributed by atoms with Crippen LogP contribution in [0.1, 0.15) is 239 Å². The van der Waals surface area contributed by atoms with Crippen LogP contribution in [0.15, 0.2) is 109 Å². The van der Waals surface area contributed by atoms with E-state index in [0.717, 1.165) is 135 Å². The van der Waals surface area contributed by atoms with Crippen molar-refractivity contribution in [2.75, 3.05) is 13.2 Å². The molecule has 1 unspecified atom stereocenters. The second-order valence-electron chi connectivity index (χ2n) is 17.9. The predicted octanol–water partition coefficient (Wildman–Crippen LogP) is 18.3. The van der Waals surface area contributed by atoms with Gasteiger partial charge in [-0.1, -0.05) is 239 Å².